The average Bonchev–Trinajstić information content (AvgIpc) is 2.91. The first-order valence-corrected chi connectivity index (χ1v) is 7.22. The fraction of sp³-hybridized carbons (Fsp3) is 0.375. The molecule has 3 rings (SSSR count). The smallest absolute Gasteiger partial charge is 0.138 e. The first-order valence-electron chi connectivity index (χ1n) is 7.22. The van der Waals surface area contributed by atoms with E-state index >= 15 is 0 Å². The van der Waals surface area contributed by atoms with E-state index in [1.165, 1.54) is 11.3 Å². The maximum Gasteiger partial charge on any atom is 0.138 e. The quantitative estimate of drug-likeness (QED) is 0.855. The summed E-state index contributed by atoms with van der Waals surface area (Å²) in [5.74, 6) is 2.57. The number of rotatable bonds is 5. The van der Waals surface area contributed by atoms with E-state index in [0.29, 0.717) is 6.61 Å². The summed E-state index contributed by atoms with van der Waals surface area (Å²) < 4.78 is 5.05. The first-order chi connectivity index (χ1) is 10.3. The topological polar surface area (TPSA) is 50.3 Å². The number of hydrogen-bond acceptors (Lipinski definition) is 5. The minimum absolute atomic E-state index is 0.658. The number of ether oxygens (including phenoxy) is 1. The van der Waals surface area contributed by atoms with E-state index < -0.39 is 0 Å². The van der Waals surface area contributed by atoms with Crippen LogP contribution in [0.2, 0.25) is 0 Å². The molecule has 2 heterocycles. The lowest BCUT2D eigenvalue weighted by Gasteiger charge is -2.19. The molecule has 1 aromatic carbocycles. The van der Waals surface area contributed by atoms with Crippen LogP contribution in [0.3, 0.4) is 0 Å². The van der Waals surface area contributed by atoms with E-state index in [2.05, 4.69) is 44.5 Å². The second-order valence-electron chi connectivity index (χ2n) is 5.11. The summed E-state index contributed by atoms with van der Waals surface area (Å²) in [6.45, 7) is 4.29. The predicted molar refractivity (Wildman–Crippen MR) is 84.3 cm³/mol. The highest BCUT2D eigenvalue weighted by molar-refractivity contribution is 5.68. The zero-order valence-electron chi connectivity index (χ0n) is 12.5. The van der Waals surface area contributed by atoms with Gasteiger partial charge in [-0.2, -0.15) is 0 Å². The highest BCUT2D eigenvalue weighted by Gasteiger charge is 2.21. The van der Waals surface area contributed by atoms with Crippen molar-refractivity contribution in [3.63, 3.8) is 0 Å². The fourth-order valence-corrected chi connectivity index (χ4v) is 2.64. The highest BCUT2D eigenvalue weighted by Crippen LogP contribution is 2.33. The second kappa shape index (κ2) is 6.10. The van der Waals surface area contributed by atoms with Gasteiger partial charge in [0.2, 0.25) is 0 Å². The highest BCUT2D eigenvalue weighted by atomic mass is 16.5. The minimum Gasteiger partial charge on any atom is -0.383 e. The number of aryl methyl sites for hydroxylation is 1. The number of nitrogens with zero attached hydrogens (tertiary/aromatic N) is 3. The number of hydrogen-bond donors (Lipinski definition) is 1. The van der Waals surface area contributed by atoms with Crippen LogP contribution in [0.1, 0.15) is 11.4 Å². The molecule has 2 aromatic rings. The maximum atomic E-state index is 5.05. The van der Waals surface area contributed by atoms with Crippen LogP contribution in [0, 0.1) is 6.92 Å². The van der Waals surface area contributed by atoms with Crippen molar-refractivity contribution in [1.82, 2.24) is 9.97 Å². The molecule has 1 aromatic heterocycles. The Morgan fingerprint density at radius 1 is 1.29 bits per heavy atom. The van der Waals surface area contributed by atoms with Crippen molar-refractivity contribution in [1.29, 1.82) is 0 Å². The molecule has 0 saturated carbocycles. The molecule has 0 bridgehead atoms. The molecule has 0 radical (unpaired) electrons. The van der Waals surface area contributed by atoms with Gasteiger partial charge in [-0.1, -0.05) is 18.2 Å². The molecule has 1 aliphatic heterocycles. The lowest BCUT2D eigenvalue weighted by atomic mass is 10.2. The zero-order valence-corrected chi connectivity index (χ0v) is 12.5. The molecule has 0 saturated heterocycles. The summed E-state index contributed by atoms with van der Waals surface area (Å²) in [6, 6.07) is 10.5. The molecule has 0 atom stereocenters. The van der Waals surface area contributed by atoms with E-state index in [-0.39, 0.29) is 0 Å². The Labute approximate surface area is 125 Å². The minimum atomic E-state index is 0.658. The lowest BCUT2D eigenvalue weighted by Crippen LogP contribution is -2.17. The normalized spacial score (nSPS) is 13.3. The summed E-state index contributed by atoms with van der Waals surface area (Å²) in [5.41, 5.74) is 2.63. The largest absolute Gasteiger partial charge is 0.383 e. The van der Waals surface area contributed by atoms with Gasteiger partial charge in [-0.3, -0.25) is 0 Å². The van der Waals surface area contributed by atoms with Gasteiger partial charge in [-0.25, -0.2) is 9.97 Å². The van der Waals surface area contributed by atoms with Crippen LogP contribution in [0.25, 0.3) is 0 Å². The number of anilines is 3. The number of benzene rings is 1. The van der Waals surface area contributed by atoms with Crippen LogP contribution < -0.4 is 10.2 Å². The average molecular weight is 284 g/mol. The monoisotopic (exact) mass is 284 g/mol. The molecule has 21 heavy (non-hydrogen) atoms. The Bertz CT molecular complexity index is 629. The SMILES string of the molecule is COCCNc1cc(N2CCc3ccccc32)nc(C)n1. The van der Waals surface area contributed by atoms with Crippen LogP contribution in [-0.4, -0.2) is 36.8 Å². The molecule has 0 unspecified atom stereocenters. The third-order valence-electron chi connectivity index (χ3n) is 3.60. The molecule has 5 nitrogen and oxygen atoms in total. The lowest BCUT2D eigenvalue weighted by molar-refractivity contribution is 0.210. The first kappa shape index (κ1) is 13.8. The van der Waals surface area contributed by atoms with Gasteiger partial charge in [0.1, 0.15) is 17.5 Å². The van der Waals surface area contributed by atoms with Crippen molar-refractivity contribution in [3.8, 4) is 0 Å². The summed E-state index contributed by atoms with van der Waals surface area (Å²) in [7, 11) is 1.69. The van der Waals surface area contributed by atoms with Crippen molar-refractivity contribution in [3.05, 3.63) is 41.7 Å². The van der Waals surface area contributed by atoms with E-state index in [4.69, 9.17) is 4.74 Å². The van der Waals surface area contributed by atoms with Crippen LogP contribution in [0.15, 0.2) is 30.3 Å². The van der Waals surface area contributed by atoms with Gasteiger partial charge in [-0.15, -0.1) is 0 Å². The summed E-state index contributed by atoms with van der Waals surface area (Å²) in [6.07, 6.45) is 1.06. The van der Waals surface area contributed by atoms with Gasteiger partial charge in [0, 0.05) is 32.0 Å². The standard InChI is InChI=1S/C16H20N4O/c1-12-18-15(17-8-10-21-2)11-16(19-12)20-9-7-13-5-3-4-6-14(13)20/h3-6,11H,7-10H2,1-2H3,(H,17,18,19). The molecule has 110 valence electrons. The molecular weight excluding hydrogens is 264 g/mol. The van der Waals surface area contributed by atoms with Crippen molar-refractivity contribution in [2.75, 3.05) is 37.0 Å². The van der Waals surface area contributed by atoms with Gasteiger partial charge in [-0.05, 0) is 25.0 Å². The molecule has 1 aliphatic rings. The van der Waals surface area contributed by atoms with Gasteiger partial charge >= 0.3 is 0 Å². The van der Waals surface area contributed by atoms with Gasteiger partial charge in [0.15, 0.2) is 0 Å². The molecule has 5 heteroatoms. The molecule has 0 fully saturated rings. The van der Waals surface area contributed by atoms with Crippen LogP contribution in [-0.2, 0) is 11.2 Å². The Morgan fingerprint density at radius 3 is 3.00 bits per heavy atom. The van der Waals surface area contributed by atoms with Crippen molar-refractivity contribution >= 4 is 17.3 Å². The van der Waals surface area contributed by atoms with Gasteiger partial charge in [0.25, 0.3) is 0 Å². The number of nitrogens with one attached hydrogen (secondary N) is 1. The molecule has 1 N–H and O–H groups in total. The Balaban J connectivity index is 1.86. The Kier molecular flexibility index (Phi) is 4.01. The van der Waals surface area contributed by atoms with E-state index in [0.717, 1.165) is 37.0 Å². The number of fused-ring (bicyclic) bond motifs is 1. The van der Waals surface area contributed by atoms with Crippen LogP contribution in [0.5, 0.6) is 0 Å². The van der Waals surface area contributed by atoms with Crippen molar-refractivity contribution in [2.24, 2.45) is 0 Å². The molecular formula is C16H20N4O. The van der Waals surface area contributed by atoms with Crippen molar-refractivity contribution in [2.45, 2.75) is 13.3 Å². The maximum absolute atomic E-state index is 5.05. The second-order valence-corrected chi connectivity index (χ2v) is 5.11. The molecule has 0 amide bonds. The summed E-state index contributed by atoms with van der Waals surface area (Å²) in [4.78, 5) is 11.3. The molecule has 0 aliphatic carbocycles. The van der Waals surface area contributed by atoms with E-state index in [9.17, 15) is 0 Å². The van der Waals surface area contributed by atoms with Gasteiger partial charge < -0.3 is 15.0 Å². The third kappa shape index (κ3) is 2.97. The zero-order chi connectivity index (χ0) is 14.7. The molecule has 0 spiro atoms. The van der Waals surface area contributed by atoms with Crippen molar-refractivity contribution < 1.29 is 4.74 Å². The summed E-state index contributed by atoms with van der Waals surface area (Å²) in [5, 5.41) is 3.27. The van der Waals surface area contributed by atoms with Gasteiger partial charge in [0.05, 0.1) is 6.61 Å². The summed E-state index contributed by atoms with van der Waals surface area (Å²) >= 11 is 0. The Morgan fingerprint density at radius 2 is 2.14 bits per heavy atom. The van der Waals surface area contributed by atoms with Crippen LogP contribution >= 0.6 is 0 Å². The Hall–Kier alpha value is -2.14. The van der Waals surface area contributed by atoms with Crippen LogP contribution in [0.4, 0.5) is 17.3 Å². The number of aromatic nitrogens is 2. The predicted octanol–water partition coefficient (Wildman–Crippen LogP) is 2.54. The van der Waals surface area contributed by atoms with E-state index in [1.54, 1.807) is 7.11 Å². The number of methoxy groups -OCH3 is 1. The fourth-order valence-electron chi connectivity index (χ4n) is 2.64. The van der Waals surface area contributed by atoms with E-state index in [1.807, 2.05) is 13.0 Å². The third-order valence-corrected chi connectivity index (χ3v) is 3.60. The number of para-hydroxylation sites is 1.